The number of benzene rings is 2. The van der Waals surface area contributed by atoms with Gasteiger partial charge in [-0.3, -0.25) is 9.55 Å². The Bertz CT molecular complexity index is 956. The maximum Gasteiger partial charge on any atom is 0.325 e. The molecule has 0 aliphatic heterocycles. The highest BCUT2D eigenvalue weighted by molar-refractivity contribution is 7.51. The fourth-order valence-corrected chi connectivity index (χ4v) is 3.43. The minimum absolute atomic E-state index is 0.118. The molecule has 146 valence electrons. The maximum atomic E-state index is 10.9. The quantitative estimate of drug-likeness (QED) is 0.396. The lowest BCUT2D eigenvalue weighted by Gasteiger charge is -2.12. The van der Waals surface area contributed by atoms with Crippen LogP contribution in [0.15, 0.2) is 60.8 Å². The van der Waals surface area contributed by atoms with Crippen molar-refractivity contribution in [2.75, 3.05) is 12.7 Å². The Kier molecular flexibility index (Phi) is 6.70. The summed E-state index contributed by atoms with van der Waals surface area (Å²) in [6.07, 6.45) is 2.04. The van der Waals surface area contributed by atoms with Crippen LogP contribution in [0.3, 0.4) is 0 Å². The highest BCUT2D eigenvalue weighted by atomic mass is 31.2. The van der Waals surface area contributed by atoms with Gasteiger partial charge in [0, 0.05) is 17.7 Å². The average Bonchev–Trinajstić information content (AvgIpc) is 2.68. The van der Waals surface area contributed by atoms with Gasteiger partial charge in [-0.15, -0.1) is 0 Å². The maximum absolute atomic E-state index is 10.9. The van der Waals surface area contributed by atoms with Crippen molar-refractivity contribution < 1.29 is 14.4 Å². The van der Waals surface area contributed by atoms with Crippen molar-refractivity contribution in [3.05, 3.63) is 72.1 Å². The van der Waals surface area contributed by atoms with Crippen LogP contribution in [0.5, 0.6) is 0 Å². The van der Waals surface area contributed by atoms with E-state index in [-0.39, 0.29) is 6.16 Å². The summed E-state index contributed by atoms with van der Waals surface area (Å²) in [5.41, 5.74) is 5.63. The molecule has 1 aromatic heterocycles. The highest BCUT2D eigenvalue weighted by Crippen LogP contribution is 2.34. The van der Waals surface area contributed by atoms with Gasteiger partial charge in [-0.25, -0.2) is 4.98 Å². The lowest BCUT2D eigenvalue weighted by atomic mass is 10.0. The van der Waals surface area contributed by atoms with E-state index in [0.29, 0.717) is 19.5 Å². The van der Waals surface area contributed by atoms with E-state index in [0.717, 1.165) is 28.2 Å². The molecule has 0 saturated carbocycles. The van der Waals surface area contributed by atoms with Crippen LogP contribution in [0.4, 0.5) is 0 Å². The van der Waals surface area contributed by atoms with Crippen LogP contribution in [0.2, 0.25) is 0 Å². The molecule has 2 aromatic carbocycles. The normalized spacial score (nSPS) is 11.5. The van der Waals surface area contributed by atoms with Crippen molar-refractivity contribution >= 4 is 7.60 Å². The van der Waals surface area contributed by atoms with Crippen molar-refractivity contribution in [2.45, 2.75) is 19.9 Å². The summed E-state index contributed by atoms with van der Waals surface area (Å²) in [4.78, 5) is 27.3. The number of hydrogen-bond donors (Lipinski definition) is 3. The second-order valence-corrected chi connectivity index (χ2v) is 8.49. The van der Waals surface area contributed by atoms with Crippen LogP contribution in [0, 0.1) is 6.92 Å². The van der Waals surface area contributed by atoms with Crippen LogP contribution >= 0.6 is 7.60 Å². The first kappa shape index (κ1) is 20.4. The summed E-state index contributed by atoms with van der Waals surface area (Å²) >= 11 is 0. The zero-order chi connectivity index (χ0) is 20.0. The van der Waals surface area contributed by atoms with Crippen LogP contribution < -0.4 is 5.32 Å². The summed E-state index contributed by atoms with van der Waals surface area (Å²) in [6.45, 7) is 3.05. The first-order valence-electron chi connectivity index (χ1n) is 9.16. The third-order valence-corrected chi connectivity index (χ3v) is 5.20. The van der Waals surface area contributed by atoms with Gasteiger partial charge in [0.05, 0.1) is 29.4 Å². The number of nitrogens with zero attached hydrogens (tertiary/aromatic N) is 2. The van der Waals surface area contributed by atoms with Crippen LogP contribution in [0.25, 0.3) is 22.5 Å². The summed E-state index contributed by atoms with van der Waals surface area (Å²) in [5.74, 6) is 0. The van der Waals surface area contributed by atoms with E-state index in [9.17, 15) is 4.57 Å². The van der Waals surface area contributed by atoms with Gasteiger partial charge in [0.1, 0.15) is 0 Å². The molecule has 0 amide bonds. The molecule has 3 N–H and O–H groups in total. The molecule has 3 rings (SSSR count). The monoisotopic (exact) mass is 397 g/mol. The molecule has 0 unspecified atom stereocenters. The highest BCUT2D eigenvalue weighted by Gasteiger charge is 2.13. The molecule has 6 nitrogen and oxygen atoms in total. The molecule has 3 aromatic rings. The molecule has 0 fully saturated rings. The van der Waals surface area contributed by atoms with Crippen molar-refractivity contribution in [3.8, 4) is 22.5 Å². The Labute approximate surface area is 164 Å². The molecule has 1 heterocycles. The smallest absolute Gasteiger partial charge is 0.324 e. The zero-order valence-electron chi connectivity index (χ0n) is 15.7. The van der Waals surface area contributed by atoms with E-state index in [4.69, 9.17) is 14.8 Å². The van der Waals surface area contributed by atoms with Gasteiger partial charge >= 0.3 is 7.60 Å². The SMILES string of the molecule is Cc1ccc(-c2ncc(CNCCCP(=O)(O)O)nc2-c2ccccc2)cc1. The molecule has 0 saturated heterocycles. The molecule has 0 spiro atoms. The summed E-state index contributed by atoms with van der Waals surface area (Å²) in [5, 5.41) is 3.17. The Morgan fingerprint density at radius 2 is 1.64 bits per heavy atom. The van der Waals surface area contributed by atoms with E-state index in [2.05, 4.69) is 29.4 Å². The zero-order valence-corrected chi connectivity index (χ0v) is 16.6. The number of aromatic nitrogens is 2. The van der Waals surface area contributed by atoms with E-state index in [1.807, 2.05) is 42.5 Å². The van der Waals surface area contributed by atoms with Crippen molar-refractivity contribution in [3.63, 3.8) is 0 Å². The first-order chi connectivity index (χ1) is 13.4. The molecule has 28 heavy (non-hydrogen) atoms. The second kappa shape index (κ2) is 9.22. The van der Waals surface area contributed by atoms with E-state index >= 15 is 0 Å². The van der Waals surface area contributed by atoms with Crippen molar-refractivity contribution in [2.24, 2.45) is 0 Å². The topological polar surface area (TPSA) is 95.3 Å². The van der Waals surface area contributed by atoms with Gasteiger partial charge in [0.2, 0.25) is 0 Å². The van der Waals surface area contributed by atoms with Crippen molar-refractivity contribution in [1.82, 2.24) is 15.3 Å². The molecular formula is C21H24N3O3P. The molecule has 0 bridgehead atoms. The predicted octanol–water partition coefficient (Wildman–Crippen LogP) is 3.78. The molecule has 0 atom stereocenters. The predicted molar refractivity (Wildman–Crippen MR) is 111 cm³/mol. The van der Waals surface area contributed by atoms with Crippen LogP contribution in [-0.4, -0.2) is 32.5 Å². The Morgan fingerprint density at radius 1 is 0.964 bits per heavy atom. The Morgan fingerprint density at radius 3 is 2.32 bits per heavy atom. The van der Waals surface area contributed by atoms with Gasteiger partial charge < -0.3 is 15.1 Å². The standard InChI is InChI=1S/C21H24N3O3P/c1-16-8-10-18(11-9-16)20-21(17-6-3-2-4-7-17)24-19(15-23-20)14-22-12-5-13-28(25,26)27/h2-4,6-11,15,22H,5,12-14H2,1H3,(H2,25,26,27). The van der Waals surface area contributed by atoms with E-state index in [1.54, 1.807) is 6.20 Å². The van der Waals surface area contributed by atoms with Gasteiger partial charge in [0.15, 0.2) is 0 Å². The molecule has 0 aliphatic carbocycles. The summed E-state index contributed by atoms with van der Waals surface area (Å²) < 4.78 is 10.9. The molecule has 0 aliphatic rings. The van der Waals surface area contributed by atoms with Gasteiger partial charge in [-0.1, -0.05) is 60.2 Å². The van der Waals surface area contributed by atoms with Crippen molar-refractivity contribution in [1.29, 1.82) is 0 Å². The fourth-order valence-electron chi connectivity index (χ4n) is 2.86. The third-order valence-electron chi connectivity index (χ3n) is 4.30. The Hall–Kier alpha value is -2.37. The second-order valence-electron chi connectivity index (χ2n) is 6.71. The number of rotatable bonds is 8. The number of nitrogens with one attached hydrogen (secondary N) is 1. The first-order valence-corrected chi connectivity index (χ1v) is 11.0. The van der Waals surface area contributed by atoms with Gasteiger partial charge in [-0.05, 0) is 19.9 Å². The molecular weight excluding hydrogens is 373 g/mol. The molecule has 7 heteroatoms. The lowest BCUT2D eigenvalue weighted by Crippen LogP contribution is -2.17. The van der Waals surface area contributed by atoms with Crippen LogP contribution in [0.1, 0.15) is 17.7 Å². The van der Waals surface area contributed by atoms with E-state index < -0.39 is 7.60 Å². The van der Waals surface area contributed by atoms with Crippen LogP contribution in [-0.2, 0) is 11.1 Å². The minimum Gasteiger partial charge on any atom is -0.324 e. The largest absolute Gasteiger partial charge is 0.325 e. The summed E-state index contributed by atoms with van der Waals surface area (Å²) in [6, 6.07) is 18.2. The minimum atomic E-state index is -3.94. The average molecular weight is 397 g/mol. The van der Waals surface area contributed by atoms with Gasteiger partial charge in [0.25, 0.3) is 0 Å². The molecule has 0 radical (unpaired) electrons. The third kappa shape index (κ3) is 5.81. The van der Waals surface area contributed by atoms with Gasteiger partial charge in [-0.2, -0.15) is 0 Å². The summed E-state index contributed by atoms with van der Waals surface area (Å²) in [7, 11) is -3.94. The fraction of sp³-hybridized carbons (Fsp3) is 0.238. The lowest BCUT2D eigenvalue weighted by molar-refractivity contribution is 0.371. The number of hydrogen-bond acceptors (Lipinski definition) is 4. The Balaban J connectivity index is 1.80. The van der Waals surface area contributed by atoms with E-state index in [1.165, 1.54) is 5.56 Å². The number of aryl methyl sites for hydroxylation is 1.